The highest BCUT2D eigenvalue weighted by molar-refractivity contribution is 7.77. The summed E-state index contributed by atoms with van der Waals surface area (Å²) in [5, 5.41) is 21.4. The number of hydrogen-bond acceptors (Lipinski definition) is 5. The summed E-state index contributed by atoms with van der Waals surface area (Å²) in [4.78, 5) is 29.6. The molecule has 4 N–H and O–H groups in total. The Labute approximate surface area is 197 Å². The van der Waals surface area contributed by atoms with E-state index in [1.165, 1.54) is 19.1 Å². The molecule has 0 amide bonds. The molecule has 1 heterocycles. The van der Waals surface area contributed by atoms with E-state index in [1.54, 1.807) is 20.2 Å². The van der Waals surface area contributed by atoms with Crippen LogP contribution in [0.25, 0.3) is 0 Å². The van der Waals surface area contributed by atoms with E-state index in [9.17, 15) is 19.8 Å². The van der Waals surface area contributed by atoms with Crippen LogP contribution in [0.4, 0.5) is 8.78 Å². The molecule has 3 saturated carbocycles. The Hall–Kier alpha value is -1.97. The van der Waals surface area contributed by atoms with Crippen molar-refractivity contribution in [3.8, 4) is 0 Å². The SMILES string of the molecule is C[C@@H]1CC2C3C[C@H](F)C4=CC(=O)C=C[C@]4(C)[C@@]3(F)[C@@H](O)C[C@]2(C)[C@@]1(O)C(=O)[S-].c1c[nH+]c[nH]1. The normalized spacial score (nSPS) is 48.0. The van der Waals surface area contributed by atoms with Gasteiger partial charge in [-0.2, -0.15) is 0 Å². The highest BCUT2D eigenvalue weighted by atomic mass is 32.1. The third-order valence-corrected chi connectivity index (χ3v) is 9.27. The number of fused-ring (bicyclic) bond motifs is 5. The van der Waals surface area contributed by atoms with Gasteiger partial charge in [0.2, 0.25) is 6.33 Å². The molecular weight excluding hydrogens is 450 g/mol. The van der Waals surface area contributed by atoms with Crippen LogP contribution in [0.1, 0.15) is 40.0 Å². The van der Waals surface area contributed by atoms with Gasteiger partial charge in [0.25, 0.3) is 0 Å². The first-order valence-corrected chi connectivity index (χ1v) is 11.6. The molecule has 0 bridgehead atoms. The van der Waals surface area contributed by atoms with Gasteiger partial charge in [-0.05, 0) is 55.7 Å². The molecule has 9 atom stereocenters. The summed E-state index contributed by atoms with van der Waals surface area (Å²) < 4.78 is 32.0. The summed E-state index contributed by atoms with van der Waals surface area (Å²) in [5.74, 6) is -2.35. The lowest BCUT2D eigenvalue weighted by Gasteiger charge is -2.63. The predicted octanol–water partition coefficient (Wildman–Crippen LogP) is 2.18. The highest BCUT2D eigenvalue weighted by Crippen LogP contribution is 2.70. The van der Waals surface area contributed by atoms with Gasteiger partial charge >= 0.3 is 0 Å². The third kappa shape index (κ3) is 3.04. The van der Waals surface area contributed by atoms with Crippen molar-refractivity contribution in [3.63, 3.8) is 0 Å². The zero-order valence-corrected chi connectivity index (χ0v) is 19.7. The lowest BCUT2D eigenvalue weighted by atomic mass is 9.44. The van der Waals surface area contributed by atoms with E-state index in [0.717, 1.165) is 6.08 Å². The number of carbonyl (C=O) groups excluding carboxylic acids is 2. The Kier molecular flexibility index (Phi) is 5.70. The van der Waals surface area contributed by atoms with Gasteiger partial charge in [0.15, 0.2) is 11.5 Å². The number of ketones is 1. The maximum atomic E-state index is 16.8. The Morgan fingerprint density at radius 2 is 2.00 bits per heavy atom. The van der Waals surface area contributed by atoms with Gasteiger partial charge < -0.3 is 27.6 Å². The first-order chi connectivity index (χ1) is 15.3. The van der Waals surface area contributed by atoms with Gasteiger partial charge in [-0.1, -0.05) is 19.9 Å². The van der Waals surface area contributed by atoms with Crippen molar-refractivity contribution >= 4 is 23.5 Å². The summed E-state index contributed by atoms with van der Waals surface area (Å²) in [7, 11) is 0. The molecule has 0 aromatic carbocycles. The fourth-order valence-electron chi connectivity index (χ4n) is 7.22. The molecule has 33 heavy (non-hydrogen) atoms. The van der Waals surface area contributed by atoms with Gasteiger partial charge in [-0.15, -0.1) is 0 Å². The number of aliphatic hydroxyl groups is 2. The number of H-pyrrole nitrogens is 2. The Morgan fingerprint density at radius 1 is 1.30 bits per heavy atom. The molecule has 2 unspecified atom stereocenters. The number of rotatable bonds is 1. The van der Waals surface area contributed by atoms with Crippen LogP contribution in [0.2, 0.25) is 0 Å². The van der Waals surface area contributed by atoms with E-state index in [1.807, 2.05) is 12.4 Å². The van der Waals surface area contributed by atoms with Crippen molar-refractivity contribution in [2.24, 2.45) is 28.6 Å². The number of nitrogens with one attached hydrogen (secondary N) is 2. The molecule has 6 nitrogen and oxygen atoms in total. The minimum atomic E-state index is -2.21. The zero-order valence-electron chi connectivity index (χ0n) is 18.8. The molecule has 1 aromatic heterocycles. The van der Waals surface area contributed by atoms with E-state index in [0.29, 0.717) is 6.42 Å². The van der Waals surface area contributed by atoms with Crippen LogP contribution in [-0.4, -0.2) is 49.6 Å². The molecule has 0 aliphatic heterocycles. The number of hydrogen-bond donors (Lipinski definition) is 3. The molecule has 0 spiro atoms. The van der Waals surface area contributed by atoms with Gasteiger partial charge in [-0.3, -0.25) is 14.8 Å². The zero-order chi connectivity index (χ0) is 24.4. The number of halogens is 2. The molecule has 180 valence electrons. The number of carbonyl (C=O) groups is 2. The molecule has 4 aliphatic carbocycles. The van der Waals surface area contributed by atoms with Crippen LogP contribution >= 0.6 is 0 Å². The maximum Gasteiger partial charge on any atom is 0.239 e. The van der Waals surface area contributed by atoms with Gasteiger partial charge in [0.1, 0.15) is 24.2 Å². The van der Waals surface area contributed by atoms with Crippen LogP contribution in [-0.2, 0) is 22.2 Å². The van der Waals surface area contributed by atoms with E-state index in [4.69, 9.17) is 12.6 Å². The monoisotopic (exact) mass is 480 g/mol. The number of aromatic amines is 2. The topological polar surface area (TPSA) is 105 Å². The van der Waals surface area contributed by atoms with E-state index in [2.05, 4.69) is 9.97 Å². The number of aliphatic hydroxyl groups excluding tert-OH is 1. The highest BCUT2D eigenvalue weighted by Gasteiger charge is 2.75. The summed E-state index contributed by atoms with van der Waals surface area (Å²) >= 11 is 4.84. The van der Waals surface area contributed by atoms with E-state index >= 15 is 8.78 Å². The van der Waals surface area contributed by atoms with E-state index in [-0.39, 0.29) is 18.4 Å². The van der Waals surface area contributed by atoms with Crippen LogP contribution < -0.4 is 4.98 Å². The van der Waals surface area contributed by atoms with Gasteiger partial charge in [0, 0.05) is 21.9 Å². The average Bonchev–Trinajstić information content (AvgIpc) is 3.39. The second-order valence-corrected chi connectivity index (χ2v) is 10.7. The van der Waals surface area contributed by atoms with Crippen molar-refractivity contribution < 1.29 is 33.6 Å². The van der Waals surface area contributed by atoms with E-state index < -0.39 is 63.0 Å². The van der Waals surface area contributed by atoms with Gasteiger partial charge in [0.05, 0.1) is 6.10 Å². The minimum Gasteiger partial charge on any atom is -0.739 e. The van der Waals surface area contributed by atoms with Gasteiger partial charge in [-0.25, -0.2) is 8.78 Å². The molecule has 9 heteroatoms. The Bertz CT molecular complexity index is 999. The lowest BCUT2D eigenvalue weighted by Crippen LogP contribution is -2.70. The standard InChI is InChI=1S/C21H26F2O4S.C3H4N2/c1-10-6-12-13-8-15(22)14-7-11(24)4-5-18(14,2)20(13,23)16(25)9-19(12,3)21(10,27)17(26)28;1-2-5-3-4-1/h4-5,7,10,12-13,15-16,25,27H,6,8-9H2,1-3H3,(H,26,28);1-3H,(H,4,5)/t10-,12?,13?,15+,16+,18+,19+,20+,21+;/m1./s1. The maximum absolute atomic E-state index is 16.8. The van der Waals surface area contributed by atoms with Crippen LogP contribution in [0, 0.1) is 28.6 Å². The number of aromatic nitrogens is 2. The molecule has 0 radical (unpaired) electrons. The summed E-state index contributed by atoms with van der Waals surface area (Å²) in [6, 6.07) is 0. The first kappa shape index (κ1) is 24.2. The smallest absolute Gasteiger partial charge is 0.239 e. The van der Waals surface area contributed by atoms with Crippen molar-refractivity contribution in [3.05, 3.63) is 42.5 Å². The Balaban J connectivity index is 0.000000459. The van der Waals surface area contributed by atoms with Crippen LogP contribution in [0.3, 0.4) is 0 Å². The molecular formula is C24H30F2N2O4S. The van der Waals surface area contributed by atoms with Crippen LogP contribution in [0.15, 0.2) is 42.5 Å². The second kappa shape index (κ2) is 7.78. The fraction of sp³-hybridized carbons (Fsp3) is 0.625. The lowest BCUT2D eigenvalue weighted by molar-refractivity contribution is -0.375. The van der Waals surface area contributed by atoms with Crippen molar-refractivity contribution in [2.75, 3.05) is 0 Å². The molecule has 4 aliphatic rings. The van der Waals surface area contributed by atoms with Crippen molar-refractivity contribution in [2.45, 2.75) is 63.6 Å². The summed E-state index contributed by atoms with van der Waals surface area (Å²) in [5.41, 5.74) is -6.63. The average molecular weight is 481 g/mol. The molecule has 5 rings (SSSR count). The number of imidazole rings is 1. The number of allylic oxidation sites excluding steroid dienone is 4. The number of alkyl halides is 2. The minimum absolute atomic E-state index is 0.0575. The first-order valence-electron chi connectivity index (χ1n) is 11.2. The van der Waals surface area contributed by atoms with Crippen molar-refractivity contribution in [1.29, 1.82) is 0 Å². The quantitative estimate of drug-likeness (QED) is 0.535. The predicted molar refractivity (Wildman–Crippen MR) is 118 cm³/mol. The Morgan fingerprint density at radius 3 is 2.55 bits per heavy atom. The van der Waals surface area contributed by atoms with Crippen LogP contribution in [0.5, 0.6) is 0 Å². The molecule has 3 fully saturated rings. The third-order valence-electron chi connectivity index (χ3n) is 8.96. The molecule has 0 saturated heterocycles. The summed E-state index contributed by atoms with van der Waals surface area (Å²) in [6.45, 7) is 4.88. The molecule has 1 aromatic rings. The summed E-state index contributed by atoms with van der Waals surface area (Å²) in [6.07, 6.45) is 6.01. The van der Waals surface area contributed by atoms with Crippen molar-refractivity contribution in [1.82, 2.24) is 4.98 Å². The fourth-order valence-corrected chi connectivity index (χ4v) is 7.65. The largest absolute Gasteiger partial charge is 0.739 e. The second-order valence-electron chi connectivity index (χ2n) is 10.4.